The highest BCUT2D eigenvalue weighted by molar-refractivity contribution is 6.05. The summed E-state index contributed by atoms with van der Waals surface area (Å²) < 4.78 is 6.56. The molecule has 0 amide bonds. The molecule has 0 fully saturated rings. The van der Waals surface area contributed by atoms with Gasteiger partial charge in [-0.05, 0) is 13.0 Å². The Labute approximate surface area is 128 Å². The number of nitrogens with zero attached hydrogens (tertiary/aromatic N) is 3. The van der Waals surface area contributed by atoms with E-state index in [2.05, 4.69) is 22.4 Å². The molecule has 0 bridgehead atoms. The van der Waals surface area contributed by atoms with Crippen molar-refractivity contribution in [2.45, 2.75) is 26.4 Å². The normalized spacial score (nSPS) is 20.8. The van der Waals surface area contributed by atoms with Gasteiger partial charge in [-0.1, -0.05) is 24.2 Å². The minimum absolute atomic E-state index is 0.0332. The van der Waals surface area contributed by atoms with Crippen molar-refractivity contribution >= 4 is 22.6 Å². The number of hydrogen-bond acceptors (Lipinski definition) is 5. The molecule has 1 aromatic carbocycles. The van der Waals surface area contributed by atoms with Gasteiger partial charge in [-0.25, -0.2) is 0 Å². The highest BCUT2D eigenvalue weighted by atomic mass is 16.6. The van der Waals surface area contributed by atoms with E-state index >= 15 is 0 Å². The van der Waals surface area contributed by atoms with Crippen LogP contribution < -0.4 is 0 Å². The van der Waals surface area contributed by atoms with Crippen LogP contribution in [-0.2, 0) is 21.4 Å². The number of fused-ring (bicyclic) bond motifs is 1. The summed E-state index contributed by atoms with van der Waals surface area (Å²) >= 11 is 0. The summed E-state index contributed by atoms with van der Waals surface area (Å²) in [7, 11) is 3.30. The Morgan fingerprint density at radius 1 is 1.45 bits per heavy atom. The van der Waals surface area contributed by atoms with E-state index in [9.17, 15) is 4.79 Å². The molecule has 2 unspecified atom stereocenters. The van der Waals surface area contributed by atoms with Crippen LogP contribution in [0.2, 0.25) is 0 Å². The van der Waals surface area contributed by atoms with E-state index in [-0.39, 0.29) is 24.4 Å². The van der Waals surface area contributed by atoms with Crippen molar-refractivity contribution in [3.63, 3.8) is 0 Å². The minimum Gasteiger partial charge on any atom is -0.469 e. The number of ether oxygens (including phenoxy) is 1. The van der Waals surface area contributed by atoms with Gasteiger partial charge in [0.1, 0.15) is 6.10 Å². The topological polar surface area (TPSA) is 65.7 Å². The summed E-state index contributed by atoms with van der Waals surface area (Å²) in [6.45, 7) is 4.01. The lowest BCUT2D eigenvalue weighted by atomic mass is 9.92. The van der Waals surface area contributed by atoms with Crippen LogP contribution in [0.4, 0.5) is 0 Å². The maximum absolute atomic E-state index is 11.4. The van der Waals surface area contributed by atoms with Crippen LogP contribution in [0.15, 0.2) is 23.4 Å². The third kappa shape index (κ3) is 2.34. The van der Waals surface area contributed by atoms with Crippen LogP contribution in [0, 0.1) is 12.8 Å². The van der Waals surface area contributed by atoms with Crippen LogP contribution >= 0.6 is 0 Å². The third-order valence-electron chi connectivity index (χ3n) is 4.20. The van der Waals surface area contributed by atoms with Crippen molar-refractivity contribution in [3.8, 4) is 0 Å². The number of benzene rings is 1. The molecule has 0 spiro atoms. The lowest BCUT2D eigenvalue weighted by molar-refractivity contribution is -0.143. The van der Waals surface area contributed by atoms with Gasteiger partial charge in [0.2, 0.25) is 0 Å². The smallest absolute Gasteiger partial charge is 0.309 e. The van der Waals surface area contributed by atoms with E-state index in [4.69, 9.17) is 9.57 Å². The van der Waals surface area contributed by atoms with Gasteiger partial charge in [0.15, 0.2) is 0 Å². The van der Waals surface area contributed by atoms with Gasteiger partial charge in [-0.3, -0.25) is 9.48 Å². The first-order valence-electron chi connectivity index (χ1n) is 7.25. The van der Waals surface area contributed by atoms with E-state index in [1.165, 1.54) is 7.11 Å². The number of esters is 1. The predicted octanol–water partition coefficient (Wildman–Crippen LogP) is 2.18. The van der Waals surface area contributed by atoms with E-state index < -0.39 is 0 Å². The van der Waals surface area contributed by atoms with E-state index in [0.717, 1.165) is 27.9 Å². The molecule has 2 aromatic rings. The molecule has 116 valence electrons. The van der Waals surface area contributed by atoms with E-state index in [0.29, 0.717) is 0 Å². The zero-order valence-corrected chi connectivity index (χ0v) is 13.2. The Bertz CT molecular complexity index is 763. The molecule has 1 aliphatic rings. The largest absolute Gasteiger partial charge is 0.469 e. The van der Waals surface area contributed by atoms with E-state index in [1.54, 1.807) is 0 Å². The number of aromatic nitrogens is 2. The van der Waals surface area contributed by atoms with Gasteiger partial charge in [0, 0.05) is 23.9 Å². The molecule has 6 heteroatoms. The second-order valence-electron chi connectivity index (χ2n) is 5.63. The SMILES string of the molecule is COC(=O)CC1ON=C(c2ccc3c(C)nn(C)c3c2)C1C. The molecule has 0 saturated carbocycles. The molecular weight excluding hydrogens is 282 g/mol. The molecule has 2 heterocycles. The molecule has 0 aliphatic carbocycles. The number of oxime groups is 1. The fraction of sp³-hybridized carbons (Fsp3) is 0.438. The summed E-state index contributed by atoms with van der Waals surface area (Å²) in [5.74, 6) is -0.253. The number of aryl methyl sites for hydroxylation is 2. The maximum atomic E-state index is 11.4. The standard InChI is InChI=1S/C16H19N3O3/c1-9-14(8-15(20)21-4)22-18-16(9)11-5-6-12-10(2)17-19(3)13(12)7-11/h5-7,9,14H,8H2,1-4H3. The molecule has 0 N–H and O–H groups in total. The van der Waals surface area contributed by atoms with Crippen molar-refractivity contribution in [3.05, 3.63) is 29.5 Å². The Balaban J connectivity index is 1.89. The molecule has 2 atom stereocenters. The quantitative estimate of drug-likeness (QED) is 0.815. The average molecular weight is 301 g/mol. The Morgan fingerprint density at radius 2 is 2.23 bits per heavy atom. The molecule has 22 heavy (non-hydrogen) atoms. The van der Waals surface area contributed by atoms with Gasteiger partial charge < -0.3 is 9.57 Å². The number of carbonyl (C=O) groups is 1. The fourth-order valence-corrected chi connectivity index (χ4v) is 2.85. The van der Waals surface area contributed by atoms with Crippen LogP contribution in [0.1, 0.15) is 24.6 Å². The van der Waals surface area contributed by atoms with Crippen molar-refractivity contribution in [2.75, 3.05) is 7.11 Å². The minimum atomic E-state index is -0.286. The summed E-state index contributed by atoms with van der Waals surface area (Å²) in [5, 5.41) is 9.73. The maximum Gasteiger partial charge on any atom is 0.309 e. The third-order valence-corrected chi connectivity index (χ3v) is 4.20. The van der Waals surface area contributed by atoms with Crippen LogP contribution in [0.25, 0.3) is 10.9 Å². The zero-order valence-electron chi connectivity index (χ0n) is 13.2. The van der Waals surface area contributed by atoms with Crippen molar-refractivity contribution in [2.24, 2.45) is 18.1 Å². The number of methoxy groups -OCH3 is 1. The monoisotopic (exact) mass is 301 g/mol. The van der Waals surface area contributed by atoms with Crippen molar-refractivity contribution in [1.82, 2.24) is 9.78 Å². The van der Waals surface area contributed by atoms with E-state index in [1.807, 2.05) is 31.6 Å². The molecular formula is C16H19N3O3. The number of carbonyl (C=O) groups excluding carboxylic acids is 1. The number of hydrogen-bond donors (Lipinski definition) is 0. The van der Waals surface area contributed by atoms with Gasteiger partial charge >= 0.3 is 5.97 Å². The second-order valence-corrected chi connectivity index (χ2v) is 5.63. The van der Waals surface area contributed by atoms with Gasteiger partial charge in [-0.2, -0.15) is 5.10 Å². The molecule has 3 rings (SSSR count). The van der Waals surface area contributed by atoms with Crippen molar-refractivity contribution in [1.29, 1.82) is 0 Å². The second kappa shape index (κ2) is 5.44. The summed E-state index contributed by atoms with van der Waals surface area (Å²) in [6.07, 6.45) is -0.0658. The van der Waals surface area contributed by atoms with Gasteiger partial charge in [0.25, 0.3) is 0 Å². The lowest BCUT2D eigenvalue weighted by Gasteiger charge is -2.13. The first-order valence-corrected chi connectivity index (χ1v) is 7.25. The van der Waals surface area contributed by atoms with Crippen molar-refractivity contribution < 1.29 is 14.4 Å². The highest BCUT2D eigenvalue weighted by Gasteiger charge is 2.33. The molecule has 1 aliphatic heterocycles. The van der Waals surface area contributed by atoms with Crippen LogP contribution in [0.3, 0.4) is 0 Å². The summed E-state index contributed by atoms with van der Waals surface area (Å²) in [4.78, 5) is 16.8. The summed E-state index contributed by atoms with van der Waals surface area (Å²) in [6, 6.07) is 6.14. The predicted molar refractivity (Wildman–Crippen MR) is 82.7 cm³/mol. The Kier molecular flexibility index (Phi) is 3.60. The fourth-order valence-electron chi connectivity index (χ4n) is 2.85. The number of rotatable bonds is 3. The Morgan fingerprint density at radius 3 is 2.95 bits per heavy atom. The highest BCUT2D eigenvalue weighted by Crippen LogP contribution is 2.27. The Hall–Kier alpha value is -2.37. The van der Waals surface area contributed by atoms with Gasteiger partial charge in [-0.15, -0.1) is 0 Å². The molecule has 0 radical (unpaired) electrons. The molecule has 1 aromatic heterocycles. The first kappa shape index (κ1) is 14.6. The molecule has 0 saturated heterocycles. The van der Waals surface area contributed by atoms with Crippen LogP contribution in [0.5, 0.6) is 0 Å². The van der Waals surface area contributed by atoms with Gasteiger partial charge in [0.05, 0.1) is 30.5 Å². The summed E-state index contributed by atoms with van der Waals surface area (Å²) in [5.41, 5.74) is 3.91. The average Bonchev–Trinajstić information content (AvgIpc) is 3.00. The first-order chi connectivity index (χ1) is 10.5. The zero-order chi connectivity index (χ0) is 15.9. The van der Waals surface area contributed by atoms with Crippen LogP contribution in [-0.4, -0.2) is 34.7 Å². The molecule has 6 nitrogen and oxygen atoms in total. The lowest BCUT2D eigenvalue weighted by Crippen LogP contribution is -2.24.